The molecule has 124 valence electrons. The molecular formula is C18H20N4O2. The summed E-state index contributed by atoms with van der Waals surface area (Å²) in [6.45, 7) is 2.86. The molecule has 1 amide bonds. The number of amides is 1. The van der Waals surface area contributed by atoms with E-state index in [2.05, 4.69) is 20.9 Å². The van der Waals surface area contributed by atoms with Gasteiger partial charge in [-0.1, -0.05) is 6.07 Å². The fourth-order valence-corrected chi connectivity index (χ4v) is 3.53. The number of likely N-dealkylation sites (tertiary alicyclic amines) is 1. The van der Waals surface area contributed by atoms with Crippen LogP contribution in [0.3, 0.4) is 0 Å². The minimum absolute atomic E-state index is 0.0665. The summed E-state index contributed by atoms with van der Waals surface area (Å²) in [5.41, 5.74) is 2.04. The number of carbonyl (C=O) groups excluding carboxylic acids is 1. The minimum Gasteiger partial charge on any atom is -0.372 e. The Morgan fingerprint density at radius 2 is 2.00 bits per heavy atom. The molecule has 2 aliphatic rings. The van der Waals surface area contributed by atoms with Crippen molar-refractivity contribution in [1.29, 1.82) is 0 Å². The molecule has 0 radical (unpaired) electrons. The van der Waals surface area contributed by atoms with E-state index in [0.717, 1.165) is 17.8 Å². The maximum absolute atomic E-state index is 12.6. The Hall–Kier alpha value is -2.47. The van der Waals surface area contributed by atoms with Crippen LogP contribution in [-0.2, 0) is 16.0 Å². The predicted octanol–water partition coefficient (Wildman–Crippen LogP) is 1.14. The molecule has 0 saturated carbocycles. The lowest BCUT2D eigenvalue weighted by atomic mass is 10.1. The van der Waals surface area contributed by atoms with Crippen LogP contribution < -0.4 is 4.90 Å². The molecule has 0 bridgehead atoms. The van der Waals surface area contributed by atoms with Gasteiger partial charge in [0.2, 0.25) is 5.91 Å². The summed E-state index contributed by atoms with van der Waals surface area (Å²) in [4.78, 5) is 25.1. The Balaban J connectivity index is 1.47. The van der Waals surface area contributed by atoms with Gasteiger partial charge in [0.1, 0.15) is 0 Å². The molecule has 0 spiro atoms. The summed E-state index contributed by atoms with van der Waals surface area (Å²) in [6.07, 6.45) is 7.58. The number of anilines is 1. The van der Waals surface area contributed by atoms with Crippen LogP contribution in [-0.4, -0.2) is 59.2 Å². The number of carbonyl (C=O) groups is 1. The van der Waals surface area contributed by atoms with Crippen molar-refractivity contribution in [1.82, 2.24) is 14.9 Å². The monoisotopic (exact) mass is 324 g/mol. The largest absolute Gasteiger partial charge is 0.372 e. The SMILES string of the molecule is O=C(Cc1cccnc1)N1C[C@@H]2OCCN(c3cccnc3)[C@@H]2C1. The maximum atomic E-state index is 12.6. The van der Waals surface area contributed by atoms with E-state index in [4.69, 9.17) is 4.74 Å². The number of nitrogens with zero attached hydrogens (tertiary/aromatic N) is 4. The van der Waals surface area contributed by atoms with Gasteiger partial charge in [-0.2, -0.15) is 0 Å². The fourth-order valence-electron chi connectivity index (χ4n) is 3.53. The zero-order valence-corrected chi connectivity index (χ0v) is 13.4. The molecule has 0 aliphatic carbocycles. The van der Waals surface area contributed by atoms with Crippen molar-refractivity contribution >= 4 is 11.6 Å². The van der Waals surface area contributed by atoms with Crippen LogP contribution in [0.2, 0.25) is 0 Å². The van der Waals surface area contributed by atoms with E-state index in [1.54, 1.807) is 18.6 Å². The first-order chi connectivity index (χ1) is 11.8. The van der Waals surface area contributed by atoms with Gasteiger partial charge in [0.25, 0.3) is 0 Å². The summed E-state index contributed by atoms with van der Waals surface area (Å²) < 4.78 is 5.92. The van der Waals surface area contributed by atoms with E-state index >= 15 is 0 Å². The molecule has 2 saturated heterocycles. The molecule has 0 aromatic carbocycles. The van der Waals surface area contributed by atoms with E-state index in [-0.39, 0.29) is 18.1 Å². The standard InChI is InChI=1S/C18H20N4O2/c23-18(9-14-3-1-5-19-10-14)21-12-16-17(13-21)24-8-7-22(16)15-4-2-6-20-11-15/h1-6,10-11,16-17H,7-9,12-13H2/t16-,17+/m1/s1. The van der Waals surface area contributed by atoms with Crippen molar-refractivity contribution in [3.05, 3.63) is 54.6 Å². The maximum Gasteiger partial charge on any atom is 0.227 e. The van der Waals surface area contributed by atoms with Crippen LogP contribution in [0.25, 0.3) is 0 Å². The van der Waals surface area contributed by atoms with Gasteiger partial charge in [0.15, 0.2) is 0 Å². The van der Waals surface area contributed by atoms with Gasteiger partial charge >= 0.3 is 0 Å². The summed E-state index contributed by atoms with van der Waals surface area (Å²) >= 11 is 0. The van der Waals surface area contributed by atoms with Crippen molar-refractivity contribution in [2.45, 2.75) is 18.6 Å². The summed E-state index contributed by atoms with van der Waals surface area (Å²) in [5, 5.41) is 0. The first-order valence-electron chi connectivity index (χ1n) is 8.26. The van der Waals surface area contributed by atoms with Gasteiger partial charge in [0.05, 0.1) is 37.1 Å². The Morgan fingerprint density at radius 3 is 2.75 bits per heavy atom. The summed E-state index contributed by atoms with van der Waals surface area (Å²) in [6, 6.07) is 8.00. The van der Waals surface area contributed by atoms with Crippen LogP contribution in [0.4, 0.5) is 5.69 Å². The zero-order valence-electron chi connectivity index (χ0n) is 13.4. The third-order valence-electron chi connectivity index (χ3n) is 4.71. The van der Waals surface area contributed by atoms with Gasteiger partial charge < -0.3 is 14.5 Å². The Kier molecular flexibility index (Phi) is 4.13. The number of rotatable bonds is 3. The van der Waals surface area contributed by atoms with Crippen LogP contribution >= 0.6 is 0 Å². The van der Waals surface area contributed by atoms with Crippen molar-refractivity contribution in [3.8, 4) is 0 Å². The van der Waals surface area contributed by atoms with E-state index in [1.807, 2.05) is 29.3 Å². The second-order valence-electron chi connectivity index (χ2n) is 6.22. The van der Waals surface area contributed by atoms with E-state index in [0.29, 0.717) is 26.1 Å². The van der Waals surface area contributed by atoms with Gasteiger partial charge in [-0.05, 0) is 23.8 Å². The molecule has 4 rings (SSSR count). The number of hydrogen-bond donors (Lipinski definition) is 0. The molecule has 2 aliphatic heterocycles. The average molecular weight is 324 g/mol. The highest BCUT2D eigenvalue weighted by Crippen LogP contribution is 2.27. The Labute approximate surface area is 141 Å². The quantitative estimate of drug-likeness (QED) is 0.847. The minimum atomic E-state index is 0.0665. The summed E-state index contributed by atoms with van der Waals surface area (Å²) in [7, 11) is 0. The molecule has 6 nitrogen and oxygen atoms in total. The van der Waals surface area contributed by atoms with E-state index in [1.165, 1.54) is 0 Å². The molecule has 6 heteroatoms. The number of ether oxygens (including phenoxy) is 1. The third-order valence-corrected chi connectivity index (χ3v) is 4.71. The third kappa shape index (κ3) is 2.97. The smallest absolute Gasteiger partial charge is 0.227 e. The van der Waals surface area contributed by atoms with Crippen molar-refractivity contribution in [2.75, 3.05) is 31.1 Å². The first-order valence-corrected chi connectivity index (χ1v) is 8.26. The highest BCUT2D eigenvalue weighted by molar-refractivity contribution is 5.79. The molecule has 2 atom stereocenters. The van der Waals surface area contributed by atoms with Crippen LogP contribution in [0.1, 0.15) is 5.56 Å². The molecule has 4 heterocycles. The van der Waals surface area contributed by atoms with Crippen LogP contribution in [0.5, 0.6) is 0 Å². The van der Waals surface area contributed by atoms with E-state index in [9.17, 15) is 4.79 Å². The average Bonchev–Trinajstić information content (AvgIpc) is 3.08. The lowest BCUT2D eigenvalue weighted by molar-refractivity contribution is -0.129. The lowest BCUT2D eigenvalue weighted by Gasteiger charge is -2.38. The number of morpholine rings is 1. The van der Waals surface area contributed by atoms with E-state index < -0.39 is 0 Å². The van der Waals surface area contributed by atoms with Crippen molar-refractivity contribution < 1.29 is 9.53 Å². The highest BCUT2D eigenvalue weighted by Gasteiger charge is 2.41. The molecule has 2 fully saturated rings. The Morgan fingerprint density at radius 1 is 1.17 bits per heavy atom. The number of aromatic nitrogens is 2. The van der Waals surface area contributed by atoms with Crippen molar-refractivity contribution in [3.63, 3.8) is 0 Å². The number of hydrogen-bond acceptors (Lipinski definition) is 5. The first kappa shape index (κ1) is 15.1. The van der Waals surface area contributed by atoms with Gasteiger partial charge in [-0.25, -0.2) is 0 Å². The molecule has 0 unspecified atom stereocenters. The molecule has 2 aromatic heterocycles. The predicted molar refractivity (Wildman–Crippen MR) is 89.6 cm³/mol. The Bertz CT molecular complexity index is 695. The fraction of sp³-hybridized carbons (Fsp3) is 0.389. The number of fused-ring (bicyclic) bond motifs is 1. The summed E-state index contributed by atoms with van der Waals surface area (Å²) in [5.74, 6) is 0.132. The van der Waals surface area contributed by atoms with Crippen molar-refractivity contribution in [2.24, 2.45) is 0 Å². The topological polar surface area (TPSA) is 58.6 Å². The second-order valence-corrected chi connectivity index (χ2v) is 6.22. The lowest BCUT2D eigenvalue weighted by Crippen LogP contribution is -2.51. The van der Waals surface area contributed by atoms with Gasteiger partial charge in [-0.3, -0.25) is 14.8 Å². The highest BCUT2D eigenvalue weighted by atomic mass is 16.5. The van der Waals surface area contributed by atoms with Crippen LogP contribution in [0.15, 0.2) is 49.1 Å². The number of pyridine rings is 2. The molecule has 24 heavy (non-hydrogen) atoms. The molecule has 2 aromatic rings. The van der Waals surface area contributed by atoms with Gasteiger partial charge in [-0.15, -0.1) is 0 Å². The van der Waals surface area contributed by atoms with Gasteiger partial charge in [0, 0.05) is 38.2 Å². The zero-order chi connectivity index (χ0) is 16.4. The normalized spacial score (nSPS) is 23.2. The molecule has 0 N–H and O–H groups in total. The molecular weight excluding hydrogens is 304 g/mol. The second kappa shape index (κ2) is 6.57. The van der Waals surface area contributed by atoms with Crippen LogP contribution in [0, 0.1) is 0 Å².